The van der Waals surface area contributed by atoms with E-state index in [4.69, 9.17) is 0 Å². The molecule has 0 unspecified atom stereocenters. The zero-order valence-electron chi connectivity index (χ0n) is 15.9. The van der Waals surface area contributed by atoms with E-state index in [1.807, 2.05) is 36.4 Å². The first kappa shape index (κ1) is 19.2. The Bertz CT molecular complexity index is 1110. The molecule has 0 saturated heterocycles. The predicted octanol–water partition coefficient (Wildman–Crippen LogP) is 7.88. The van der Waals surface area contributed by atoms with E-state index < -0.39 is 0 Å². The first-order valence-electron chi connectivity index (χ1n) is 9.58. The molecule has 0 N–H and O–H groups in total. The number of hydrogen-bond acceptors (Lipinski definition) is 0. The van der Waals surface area contributed by atoms with Crippen molar-refractivity contribution in [1.29, 1.82) is 0 Å². The summed E-state index contributed by atoms with van der Waals surface area (Å²) < 4.78 is 1.05. The highest BCUT2D eigenvalue weighted by Crippen LogP contribution is 2.40. The molecule has 4 rings (SSSR count). The average Bonchev–Trinajstić information content (AvgIpc) is 2.81. The fraction of sp³-hybridized carbons (Fsp3) is 0. The molecule has 0 heterocycles. The van der Waals surface area contributed by atoms with E-state index in [1.165, 1.54) is 0 Å². The summed E-state index contributed by atoms with van der Waals surface area (Å²) in [6, 6.07) is 41.6. The lowest BCUT2D eigenvalue weighted by Crippen LogP contribution is -1.95. The molecule has 1 radical (unpaired) electrons. The molecule has 4 aromatic carbocycles. The Morgan fingerprint density at radius 2 is 0.897 bits per heavy atom. The summed E-state index contributed by atoms with van der Waals surface area (Å²) in [7, 11) is 0. The van der Waals surface area contributed by atoms with Gasteiger partial charge in [0.05, 0.1) is 0 Å². The molecule has 0 amide bonds. The molecular formula is C28H20Br. The van der Waals surface area contributed by atoms with Crippen LogP contribution in [0.1, 0.15) is 22.3 Å². The van der Waals surface area contributed by atoms with E-state index in [1.54, 1.807) is 0 Å². The molecule has 139 valence electrons. The highest BCUT2D eigenvalue weighted by atomic mass is 79.9. The van der Waals surface area contributed by atoms with Gasteiger partial charge in [0, 0.05) is 10.1 Å². The predicted molar refractivity (Wildman–Crippen MR) is 127 cm³/mol. The van der Waals surface area contributed by atoms with Crippen molar-refractivity contribution in [2.24, 2.45) is 0 Å². The summed E-state index contributed by atoms with van der Waals surface area (Å²) in [6.07, 6.45) is 3.67. The topological polar surface area (TPSA) is 0 Å². The highest BCUT2D eigenvalue weighted by Gasteiger charge is 2.16. The third-order valence-electron chi connectivity index (χ3n) is 4.66. The van der Waals surface area contributed by atoms with Gasteiger partial charge in [0.25, 0.3) is 0 Å². The minimum atomic E-state index is 1.05. The van der Waals surface area contributed by atoms with Gasteiger partial charge in [0.1, 0.15) is 0 Å². The summed E-state index contributed by atoms with van der Waals surface area (Å²) in [5.74, 6) is 0. The summed E-state index contributed by atoms with van der Waals surface area (Å²) in [6.45, 7) is 0. The Balaban J connectivity index is 2.01. The Morgan fingerprint density at radius 1 is 0.483 bits per heavy atom. The van der Waals surface area contributed by atoms with E-state index in [-0.39, 0.29) is 0 Å². The molecule has 0 atom stereocenters. The van der Waals surface area contributed by atoms with Crippen LogP contribution in [-0.2, 0) is 0 Å². The van der Waals surface area contributed by atoms with E-state index in [0.717, 1.165) is 37.9 Å². The first-order valence-corrected chi connectivity index (χ1v) is 10.4. The quantitative estimate of drug-likeness (QED) is 0.220. The Hall–Kier alpha value is -3.16. The van der Waals surface area contributed by atoms with E-state index in [9.17, 15) is 0 Å². The maximum Gasteiger partial charge on any atom is 0.0332 e. The van der Waals surface area contributed by atoms with Crippen LogP contribution in [0.3, 0.4) is 0 Å². The van der Waals surface area contributed by atoms with Crippen LogP contribution in [0.15, 0.2) is 121 Å². The van der Waals surface area contributed by atoms with Crippen LogP contribution in [0.4, 0.5) is 0 Å². The molecule has 0 bridgehead atoms. The smallest absolute Gasteiger partial charge is 0.0332 e. The molecule has 0 aromatic heterocycles. The van der Waals surface area contributed by atoms with Crippen LogP contribution in [0.25, 0.3) is 15.6 Å². The van der Waals surface area contributed by atoms with E-state index in [0.29, 0.717) is 0 Å². The van der Waals surface area contributed by atoms with Gasteiger partial charge in [-0.05, 0) is 49.8 Å². The largest absolute Gasteiger partial charge is 0.0622 e. The molecule has 0 aliphatic heterocycles. The van der Waals surface area contributed by atoms with Crippen LogP contribution in [-0.4, -0.2) is 0 Å². The van der Waals surface area contributed by atoms with Crippen molar-refractivity contribution in [1.82, 2.24) is 0 Å². The SMILES string of the molecule is Br/C(=C(\C(=[C]c1ccccc1)c1ccccc1)c1ccccc1)c1ccccc1. The zero-order chi connectivity index (χ0) is 19.9. The fourth-order valence-electron chi connectivity index (χ4n) is 3.26. The minimum absolute atomic E-state index is 1.05. The van der Waals surface area contributed by atoms with Crippen LogP contribution in [0, 0.1) is 6.08 Å². The van der Waals surface area contributed by atoms with Gasteiger partial charge >= 0.3 is 0 Å². The molecule has 0 aliphatic rings. The van der Waals surface area contributed by atoms with Crippen molar-refractivity contribution >= 4 is 31.6 Å². The Morgan fingerprint density at radius 3 is 1.41 bits per heavy atom. The molecule has 1 heteroatoms. The molecule has 0 nitrogen and oxygen atoms in total. The van der Waals surface area contributed by atoms with Gasteiger partial charge in [0.2, 0.25) is 0 Å². The molecule has 4 aromatic rings. The molecule has 0 fully saturated rings. The van der Waals surface area contributed by atoms with Gasteiger partial charge in [-0.15, -0.1) is 0 Å². The summed E-state index contributed by atoms with van der Waals surface area (Å²) in [4.78, 5) is 0. The number of hydrogen-bond donors (Lipinski definition) is 0. The maximum atomic E-state index is 3.92. The van der Waals surface area contributed by atoms with Crippen molar-refractivity contribution in [3.63, 3.8) is 0 Å². The third-order valence-corrected chi connectivity index (χ3v) is 5.52. The normalized spacial score (nSPS) is 12.4. The van der Waals surface area contributed by atoms with Gasteiger partial charge < -0.3 is 0 Å². The van der Waals surface area contributed by atoms with Crippen LogP contribution >= 0.6 is 15.9 Å². The van der Waals surface area contributed by atoms with Crippen molar-refractivity contribution in [3.8, 4) is 0 Å². The van der Waals surface area contributed by atoms with Crippen molar-refractivity contribution in [2.45, 2.75) is 0 Å². The highest BCUT2D eigenvalue weighted by molar-refractivity contribution is 9.15. The molecular weight excluding hydrogens is 416 g/mol. The average molecular weight is 436 g/mol. The van der Waals surface area contributed by atoms with Gasteiger partial charge in [-0.2, -0.15) is 0 Å². The third kappa shape index (κ3) is 4.64. The second-order valence-corrected chi connectivity index (χ2v) is 7.45. The first-order chi connectivity index (χ1) is 14.3. The van der Waals surface area contributed by atoms with Gasteiger partial charge in [-0.25, -0.2) is 0 Å². The van der Waals surface area contributed by atoms with Gasteiger partial charge in [-0.3, -0.25) is 0 Å². The van der Waals surface area contributed by atoms with Gasteiger partial charge in [0.15, 0.2) is 0 Å². The molecule has 0 spiro atoms. The zero-order valence-corrected chi connectivity index (χ0v) is 17.5. The van der Waals surface area contributed by atoms with Crippen molar-refractivity contribution in [3.05, 3.63) is 150 Å². The van der Waals surface area contributed by atoms with E-state index >= 15 is 0 Å². The van der Waals surface area contributed by atoms with Crippen LogP contribution in [0.5, 0.6) is 0 Å². The lowest BCUT2D eigenvalue weighted by molar-refractivity contribution is 1.53. The summed E-state index contributed by atoms with van der Waals surface area (Å²) >= 11 is 3.92. The fourth-order valence-corrected chi connectivity index (χ4v) is 3.96. The Labute approximate surface area is 181 Å². The lowest BCUT2D eigenvalue weighted by atomic mass is 9.89. The summed E-state index contributed by atoms with van der Waals surface area (Å²) in [5.41, 5.74) is 6.63. The second-order valence-electron chi connectivity index (χ2n) is 6.65. The number of benzene rings is 4. The number of halogens is 1. The number of allylic oxidation sites excluding steroid dienone is 2. The second kappa shape index (κ2) is 9.36. The maximum absolute atomic E-state index is 3.92. The van der Waals surface area contributed by atoms with E-state index in [2.05, 4.69) is 107 Å². The standard InChI is InChI=1S/C28H20Br/c29-28(25-19-11-4-12-20-25)27(24-17-9-3-10-18-24)26(23-15-7-2-8-16-23)21-22-13-5-1-6-14-22/h1-20H/b26-21?,28-27-. The van der Waals surface area contributed by atoms with Crippen molar-refractivity contribution in [2.75, 3.05) is 0 Å². The molecule has 0 saturated carbocycles. The minimum Gasteiger partial charge on any atom is -0.0622 e. The van der Waals surface area contributed by atoms with Crippen LogP contribution < -0.4 is 0 Å². The Kier molecular flexibility index (Phi) is 6.19. The molecule has 0 aliphatic carbocycles. The van der Waals surface area contributed by atoms with Crippen molar-refractivity contribution < 1.29 is 0 Å². The van der Waals surface area contributed by atoms with Crippen LogP contribution in [0.2, 0.25) is 0 Å². The monoisotopic (exact) mass is 435 g/mol. The van der Waals surface area contributed by atoms with Gasteiger partial charge in [-0.1, -0.05) is 121 Å². The lowest BCUT2D eigenvalue weighted by Gasteiger charge is -2.17. The number of rotatable bonds is 5. The molecule has 29 heavy (non-hydrogen) atoms. The summed E-state index contributed by atoms with van der Waals surface area (Å²) in [5, 5.41) is 0.